The van der Waals surface area contributed by atoms with Gasteiger partial charge in [-0.3, -0.25) is 14.5 Å². The minimum atomic E-state index is -0.0101. The zero-order valence-electron chi connectivity index (χ0n) is 23.6. The number of nitrogens with zero attached hydrogens (tertiary/aromatic N) is 4. The number of aryl methyl sites for hydroxylation is 1. The second kappa shape index (κ2) is 12.9. The minimum Gasteiger partial charge on any atom is -0.371 e. The molecule has 0 aromatic heterocycles. The third-order valence-electron chi connectivity index (χ3n) is 8.05. The molecule has 40 heavy (non-hydrogen) atoms. The van der Waals surface area contributed by atoms with E-state index < -0.39 is 0 Å². The van der Waals surface area contributed by atoms with Crippen molar-refractivity contribution < 1.29 is 9.59 Å². The first-order valence-electron chi connectivity index (χ1n) is 14.4. The van der Waals surface area contributed by atoms with Crippen LogP contribution in [-0.2, 0) is 17.9 Å². The van der Waals surface area contributed by atoms with Crippen molar-refractivity contribution in [2.75, 3.05) is 49.1 Å². The molecule has 210 valence electrons. The molecule has 0 N–H and O–H groups in total. The third kappa shape index (κ3) is 6.68. The standard InChI is InChI=1S/C33H39ClN4O2/c1-25-11-12-28(22-32(25)36-16-6-7-17-36)33(40)37-20-19-35(23-27-9-4-3-5-10-27)15-8-18-38(26(2)39)31-14-13-30(34)21-29(31)24-37/h3-5,9-14,21-22H,6-8,15-20,23-24H2,1-2H3. The Kier molecular flexibility index (Phi) is 9.08. The smallest absolute Gasteiger partial charge is 0.254 e. The highest BCUT2D eigenvalue weighted by molar-refractivity contribution is 6.30. The van der Waals surface area contributed by atoms with Crippen molar-refractivity contribution in [1.29, 1.82) is 0 Å². The van der Waals surface area contributed by atoms with E-state index >= 15 is 0 Å². The summed E-state index contributed by atoms with van der Waals surface area (Å²) >= 11 is 6.45. The van der Waals surface area contributed by atoms with Crippen molar-refractivity contribution in [1.82, 2.24) is 9.80 Å². The molecule has 2 aliphatic rings. The van der Waals surface area contributed by atoms with Gasteiger partial charge in [-0.15, -0.1) is 0 Å². The summed E-state index contributed by atoms with van der Waals surface area (Å²) in [6.45, 7) is 9.71. The summed E-state index contributed by atoms with van der Waals surface area (Å²) in [7, 11) is 0. The zero-order valence-corrected chi connectivity index (χ0v) is 24.4. The van der Waals surface area contributed by atoms with Crippen LogP contribution in [0.4, 0.5) is 11.4 Å². The molecular formula is C33H39ClN4O2. The number of hydrogen-bond acceptors (Lipinski definition) is 4. The van der Waals surface area contributed by atoms with E-state index in [1.807, 2.05) is 40.1 Å². The molecule has 2 amide bonds. The molecule has 0 radical (unpaired) electrons. The number of halogens is 1. The summed E-state index contributed by atoms with van der Waals surface area (Å²) in [5, 5.41) is 0.599. The zero-order chi connectivity index (χ0) is 28.1. The monoisotopic (exact) mass is 558 g/mol. The summed E-state index contributed by atoms with van der Waals surface area (Å²) in [4.78, 5) is 35.5. The van der Waals surface area contributed by atoms with Gasteiger partial charge in [-0.2, -0.15) is 0 Å². The molecule has 2 aliphatic heterocycles. The normalized spacial score (nSPS) is 16.9. The highest BCUT2D eigenvalue weighted by Crippen LogP contribution is 2.29. The van der Waals surface area contributed by atoms with E-state index in [9.17, 15) is 9.59 Å². The lowest BCUT2D eigenvalue weighted by Crippen LogP contribution is -2.38. The first-order valence-corrected chi connectivity index (χ1v) is 14.7. The molecule has 0 unspecified atom stereocenters. The quantitative estimate of drug-likeness (QED) is 0.385. The fourth-order valence-electron chi connectivity index (χ4n) is 5.90. The molecule has 0 saturated carbocycles. The molecule has 0 aliphatic carbocycles. The third-order valence-corrected chi connectivity index (χ3v) is 8.29. The second-order valence-corrected chi connectivity index (χ2v) is 11.4. The summed E-state index contributed by atoms with van der Waals surface area (Å²) in [6, 6.07) is 22.2. The van der Waals surface area contributed by atoms with Gasteiger partial charge in [0.25, 0.3) is 5.91 Å². The van der Waals surface area contributed by atoms with Gasteiger partial charge in [0.1, 0.15) is 0 Å². The molecule has 0 atom stereocenters. The van der Waals surface area contributed by atoms with Gasteiger partial charge in [0.2, 0.25) is 5.91 Å². The molecule has 0 spiro atoms. The number of hydrogen-bond donors (Lipinski definition) is 0. The maximum Gasteiger partial charge on any atom is 0.254 e. The SMILES string of the molecule is CC(=O)N1CCCN(Cc2ccccc2)CCN(C(=O)c2ccc(C)c(N3CCCC3)c2)Cc2cc(Cl)ccc21. The first kappa shape index (κ1) is 28.2. The Morgan fingerprint density at radius 1 is 0.800 bits per heavy atom. The van der Waals surface area contributed by atoms with E-state index in [0.717, 1.165) is 56.1 Å². The Labute approximate surface area is 243 Å². The van der Waals surface area contributed by atoms with Crippen molar-refractivity contribution in [3.8, 4) is 0 Å². The van der Waals surface area contributed by atoms with Crippen molar-refractivity contribution in [3.63, 3.8) is 0 Å². The minimum absolute atomic E-state index is 0.000319. The van der Waals surface area contributed by atoms with Crippen LogP contribution >= 0.6 is 11.6 Å². The van der Waals surface area contributed by atoms with E-state index in [4.69, 9.17) is 11.6 Å². The van der Waals surface area contributed by atoms with E-state index in [-0.39, 0.29) is 11.8 Å². The predicted molar refractivity (Wildman–Crippen MR) is 163 cm³/mol. The van der Waals surface area contributed by atoms with Gasteiger partial charge in [0, 0.05) is 81.2 Å². The van der Waals surface area contributed by atoms with Crippen molar-refractivity contribution in [3.05, 3.63) is 94.0 Å². The molecule has 1 fully saturated rings. The van der Waals surface area contributed by atoms with Gasteiger partial charge in [-0.25, -0.2) is 0 Å². The van der Waals surface area contributed by atoms with Crippen molar-refractivity contribution in [2.45, 2.75) is 46.2 Å². The fraction of sp³-hybridized carbons (Fsp3) is 0.394. The van der Waals surface area contributed by atoms with Gasteiger partial charge >= 0.3 is 0 Å². The van der Waals surface area contributed by atoms with Crippen LogP contribution in [0.5, 0.6) is 0 Å². The highest BCUT2D eigenvalue weighted by atomic mass is 35.5. The molecule has 1 saturated heterocycles. The molecule has 0 bridgehead atoms. The fourth-order valence-corrected chi connectivity index (χ4v) is 6.09. The van der Waals surface area contributed by atoms with Crippen LogP contribution in [0.25, 0.3) is 0 Å². The van der Waals surface area contributed by atoms with Gasteiger partial charge in [0.15, 0.2) is 0 Å². The van der Waals surface area contributed by atoms with Gasteiger partial charge < -0.3 is 14.7 Å². The lowest BCUT2D eigenvalue weighted by atomic mass is 10.1. The molecule has 3 aromatic carbocycles. The van der Waals surface area contributed by atoms with Crippen molar-refractivity contribution >= 4 is 34.8 Å². The predicted octanol–water partition coefficient (Wildman–Crippen LogP) is 6.15. The lowest BCUT2D eigenvalue weighted by molar-refractivity contribution is -0.116. The average Bonchev–Trinajstić information content (AvgIpc) is 3.47. The van der Waals surface area contributed by atoms with Crippen LogP contribution in [0.1, 0.15) is 53.2 Å². The number of rotatable bonds is 4. The van der Waals surface area contributed by atoms with E-state index in [2.05, 4.69) is 53.1 Å². The van der Waals surface area contributed by atoms with Gasteiger partial charge in [-0.05, 0) is 73.2 Å². The number of anilines is 2. The van der Waals surface area contributed by atoms with Crippen LogP contribution < -0.4 is 9.80 Å². The van der Waals surface area contributed by atoms with Crippen LogP contribution in [0, 0.1) is 6.92 Å². The maximum atomic E-state index is 14.2. The van der Waals surface area contributed by atoms with Gasteiger partial charge in [-0.1, -0.05) is 48.0 Å². The number of carbonyl (C=O) groups excluding carboxylic acids is 2. The van der Waals surface area contributed by atoms with Crippen LogP contribution in [0.15, 0.2) is 66.7 Å². The van der Waals surface area contributed by atoms with Crippen LogP contribution in [-0.4, -0.2) is 60.9 Å². The largest absolute Gasteiger partial charge is 0.371 e. The summed E-state index contributed by atoms with van der Waals surface area (Å²) in [6.07, 6.45) is 3.20. The number of carbonyl (C=O) groups is 2. The number of benzene rings is 3. The Morgan fingerprint density at radius 2 is 1.57 bits per heavy atom. The Balaban J connectivity index is 1.49. The van der Waals surface area contributed by atoms with E-state index in [1.165, 1.54) is 24.0 Å². The topological polar surface area (TPSA) is 47.1 Å². The lowest BCUT2D eigenvalue weighted by Gasteiger charge is -2.29. The second-order valence-electron chi connectivity index (χ2n) is 11.0. The summed E-state index contributed by atoms with van der Waals surface area (Å²) in [5.41, 5.74) is 6.00. The summed E-state index contributed by atoms with van der Waals surface area (Å²) in [5.74, 6) is -0.0104. The summed E-state index contributed by atoms with van der Waals surface area (Å²) < 4.78 is 0. The Bertz CT molecular complexity index is 1340. The molecule has 2 heterocycles. The van der Waals surface area contributed by atoms with Crippen LogP contribution in [0.2, 0.25) is 5.02 Å². The average molecular weight is 559 g/mol. The molecular weight excluding hydrogens is 520 g/mol. The highest BCUT2D eigenvalue weighted by Gasteiger charge is 2.25. The molecule has 5 rings (SSSR count). The molecule has 3 aromatic rings. The Hall–Kier alpha value is -3.35. The number of fused-ring (bicyclic) bond motifs is 1. The van der Waals surface area contributed by atoms with Crippen LogP contribution in [0.3, 0.4) is 0 Å². The van der Waals surface area contributed by atoms with E-state index in [1.54, 1.807) is 6.92 Å². The molecule has 7 heteroatoms. The van der Waals surface area contributed by atoms with Gasteiger partial charge in [0.05, 0.1) is 0 Å². The first-order chi connectivity index (χ1) is 19.4. The Morgan fingerprint density at radius 3 is 2.33 bits per heavy atom. The maximum absolute atomic E-state index is 14.2. The van der Waals surface area contributed by atoms with E-state index in [0.29, 0.717) is 30.2 Å². The van der Waals surface area contributed by atoms with Crippen molar-refractivity contribution in [2.24, 2.45) is 0 Å². The molecule has 6 nitrogen and oxygen atoms in total. The number of amides is 2.